The summed E-state index contributed by atoms with van der Waals surface area (Å²) in [7, 11) is 1.75. The molecular weight excluding hydrogens is 186 g/mol. The number of ether oxygens (including phenoxy) is 1. The Morgan fingerprint density at radius 2 is 1.67 bits per heavy atom. The molecule has 2 atom stereocenters. The number of methoxy groups -OCH3 is 1. The van der Waals surface area contributed by atoms with Crippen LogP contribution in [0.1, 0.15) is 41.0 Å². The zero-order chi connectivity index (χ0) is 11.9. The van der Waals surface area contributed by atoms with Crippen molar-refractivity contribution >= 4 is 0 Å². The second kappa shape index (κ2) is 4.06. The summed E-state index contributed by atoms with van der Waals surface area (Å²) in [6.45, 7) is 12.4. The van der Waals surface area contributed by atoms with Crippen LogP contribution in [0.3, 0.4) is 0 Å². The van der Waals surface area contributed by atoms with Gasteiger partial charge in [-0.15, -0.1) is 0 Å². The highest BCUT2D eigenvalue weighted by atomic mass is 16.5. The number of nitrogens with two attached hydrogens (primary N) is 1. The van der Waals surface area contributed by atoms with Gasteiger partial charge in [0.2, 0.25) is 0 Å². The van der Waals surface area contributed by atoms with Crippen molar-refractivity contribution in [2.45, 2.75) is 47.1 Å². The van der Waals surface area contributed by atoms with Crippen LogP contribution in [0.15, 0.2) is 0 Å². The van der Waals surface area contributed by atoms with Gasteiger partial charge in [-0.3, -0.25) is 0 Å². The summed E-state index contributed by atoms with van der Waals surface area (Å²) in [4.78, 5) is 0. The third-order valence-corrected chi connectivity index (χ3v) is 4.95. The van der Waals surface area contributed by atoms with E-state index in [2.05, 4.69) is 34.6 Å². The Labute approximate surface area is 94.6 Å². The molecule has 2 N–H and O–H groups in total. The molecule has 0 aliphatic heterocycles. The molecule has 2 heteroatoms. The van der Waals surface area contributed by atoms with Gasteiger partial charge in [0, 0.05) is 19.8 Å². The SMILES string of the molecule is COCCC(C)C(N)C1C(C)(C)C1(C)C. The van der Waals surface area contributed by atoms with Gasteiger partial charge >= 0.3 is 0 Å². The fourth-order valence-electron chi connectivity index (χ4n) is 3.03. The number of rotatable bonds is 5. The zero-order valence-electron chi connectivity index (χ0n) is 11.1. The Kier molecular flexibility index (Phi) is 3.52. The van der Waals surface area contributed by atoms with Crippen LogP contribution in [0.5, 0.6) is 0 Å². The standard InChI is InChI=1S/C13H27NO/c1-9(7-8-15-6)10(14)11-12(2,3)13(11,4)5/h9-11H,7-8,14H2,1-6H3. The Hall–Kier alpha value is -0.0800. The van der Waals surface area contributed by atoms with Gasteiger partial charge in [-0.2, -0.15) is 0 Å². The lowest BCUT2D eigenvalue weighted by Crippen LogP contribution is -2.33. The van der Waals surface area contributed by atoms with Gasteiger partial charge in [0.05, 0.1) is 0 Å². The highest BCUT2D eigenvalue weighted by molar-refractivity contribution is 5.16. The van der Waals surface area contributed by atoms with E-state index in [1.807, 2.05) is 0 Å². The quantitative estimate of drug-likeness (QED) is 0.762. The van der Waals surface area contributed by atoms with E-state index in [-0.39, 0.29) is 0 Å². The number of hydrogen-bond acceptors (Lipinski definition) is 2. The Morgan fingerprint density at radius 3 is 2.00 bits per heavy atom. The van der Waals surface area contributed by atoms with Crippen LogP contribution in [0.25, 0.3) is 0 Å². The fourth-order valence-corrected chi connectivity index (χ4v) is 3.03. The smallest absolute Gasteiger partial charge is 0.0465 e. The molecule has 1 saturated carbocycles. The van der Waals surface area contributed by atoms with Crippen molar-refractivity contribution in [2.24, 2.45) is 28.4 Å². The minimum Gasteiger partial charge on any atom is -0.385 e. The average Bonchev–Trinajstić information content (AvgIpc) is 2.52. The minimum absolute atomic E-state index is 0.310. The van der Waals surface area contributed by atoms with E-state index in [4.69, 9.17) is 10.5 Å². The molecule has 1 aliphatic rings. The maximum Gasteiger partial charge on any atom is 0.0465 e. The first kappa shape index (κ1) is 13.0. The van der Waals surface area contributed by atoms with Gasteiger partial charge in [-0.1, -0.05) is 34.6 Å². The molecule has 0 aromatic heterocycles. The highest BCUT2D eigenvalue weighted by Crippen LogP contribution is 2.70. The summed E-state index contributed by atoms with van der Waals surface area (Å²) < 4.78 is 5.11. The Balaban J connectivity index is 2.52. The molecule has 15 heavy (non-hydrogen) atoms. The van der Waals surface area contributed by atoms with Crippen molar-refractivity contribution < 1.29 is 4.74 Å². The molecule has 2 nitrogen and oxygen atoms in total. The van der Waals surface area contributed by atoms with Crippen LogP contribution in [0, 0.1) is 22.7 Å². The molecule has 0 spiro atoms. The van der Waals surface area contributed by atoms with Gasteiger partial charge in [-0.25, -0.2) is 0 Å². The molecule has 0 saturated heterocycles. The normalized spacial score (nSPS) is 27.4. The van der Waals surface area contributed by atoms with Gasteiger partial charge in [0.1, 0.15) is 0 Å². The van der Waals surface area contributed by atoms with Crippen LogP contribution in [0.2, 0.25) is 0 Å². The third-order valence-electron chi connectivity index (χ3n) is 4.95. The van der Waals surface area contributed by atoms with Crippen molar-refractivity contribution in [2.75, 3.05) is 13.7 Å². The second-order valence-electron chi connectivity index (χ2n) is 6.26. The molecule has 0 heterocycles. The number of hydrogen-bond donors (Lipinski definition) is 1. The first-order valence-corrected chi connectivity index (χ1v) is 6.01. The summed E-state index contributed by atoms with van der Waals surface area (Å²) in [5, 5.41) is 0. The first-order valence-electron chi connectivity index (χ1n) is 6.01. The third kappa shape index (κ3) is 2.07. The lowest BCUT2D eigenvalue weighted by Gasteiger charge is -2.21. The zero-order valence-corrected chi connectivity index (χ0v) is 11.1. The second-order valence-corrected chi connectivity index (χ2v) is 6.26. The van der Waals surface area contributed by atoms with Crippen LogP contribution in [-0.4, -0.2) is 19.8 Å². The van der Waals surface area contributed by atoms with Crippen molar-refractivity contribution in [3.63, 3.8) is 0 Å². The summed E-state index contributed by atoms with van der Waals surface area (Å²) in [6.07, 6.45) is 1.07. The van der Waals surface area contributed by atoms with Crippen LogP contribution >= 0.6 is 0 Å². The van der Waals surface area contributed by atoms with Gasteiger partial charge in [-0.05, 0) is 29.1 Å². The molecule has 0 bridgehead atoms. The predicted octanol–water partition coefficient (Wildman–Crippen LogP) is 2.67. The Morgan fingerprint density at radius 1 is 1.20 bits per heavy atom. The minimum atomic E-state index is 0.310. The van der Waals surface area contributed by atoms with E-state index >= 15 is 0 Å². The summed E-state index contributed by atoms with van der Waals surface area (Å²) in [6, 6.07) is 0.310. The molecule has 0 amide bonds. The Bertz CT molecular complexity index is 209. The van der Waals surface area contributed by atoms with E-state index in [0.717, 1.165) is 13.0 Å². The molecule has 2 unspecified atom stereocenters. The van der Waals surface area contributed by atoms with Crippen LogP contribution in [-0.2, 0) is 4.74 Å². The van der Waals surface area contributed by atoms with Gasteiger partial charge in [0.15, 0.2) is 0 Å². The van der Waals surface area contributed by atoms with E-state index in [1.165, 1.54) is 0 Å². The average molecular weight is 213 g/mol. The molecule has 1 fully saturated rings. The largest absolute Gasteiger partial charge is 0.385 e. The van der Waals surface area contributed by atoms with Crippen molar-refractivity contribution in [3.8, 4) is 0 Å². The summed E-state index contributed by atoms with van der Waals surface area (Å²) in [5.74, 6) is 1.20. The van der Waals surface area contributed by atoms with Crippen molar-refractivity contribution in [1.82, 2.24) is 0 Å². The maximum atomic E-state index is 6.36. The molecule has 0 radical (unpaired) electrons. The molecule has 90 valence electrons. The topological polar surface area (TPSA) is 35.2 Å². The predicted molar refractivity (Wildman–Crippen MR) is 64.7 cm³/mol. The van der Waals surface area contributed by atoms with E-state index in [0.29, 0.717) is 28.7 Å². The first-order chi connectivity index (χ1) is 6.76. The molecule has 0 aromatic carbocycles. The van der Waals surface area contributed by atoms with Gasteiger partial charge in [0.25, 0.3) is 0 Å². The van der Waals surface area contributed by atoms with E-state index < -0.39 is 0 Å². The van der Waals surface area contributed by atoms with Crippen molar-refractivity contribution in [3.05, 3.63) is 0 Å². The molecule has 1 rings (SSSR count). The monoisotopic (exact) mass is 213 g/mol. The maximum absolute atomic E-state index is 6.36. The fraction of sp³-hybridized carbons (Fsp3) is 1.00. The van der Waals surface area contributed by atoms with Crippen LogP contribution in [0.4, 0.5) is 0 Å². The lowest BCUT2D eigenvalue weighted by atomic mass is 9.91. The van der Waals surface area contributed by atoms with E-state index in [9.17, 15) is 0 Å². The molecule has 1 aliphatic carbocycles. The highest BCUT2D eigenvalue weighted by Gasteiger charge is 2.66. The van der Waals surface area contributed by atoms with Crippen LogP contribution < -0.4 is 5.73 Å². The van der Waals surface area contributed by atoms with Gasteiger partial charge < -0.3 is 10.5 Å². The van der Waals surface area contributed by atoms with Crippen molar-refractivity contribution in [1.29, 1.82) is 0 Å². The molecular formula is C13H27NO. The summed E-state index contributed by atoms with van der Waals surface area (Å²) in [5.41, 5.74) is 7.15. The summed E-state index contributed by atoms with van der Waals surface area (Å²) >= 11 is 0. The molecule has 0 aromatic rings. The van der Waals surface area contributed by atoms with E-state index in [1.54, 1.807) is 7.11 Å². The lowest BCUT2D eigenvalue weighted by molar-refractivity contribution is 0.169.